The van der Waals surface area contributed by atoms with E-state index in [0.29, 0.717) is 11.6 Å². The molecule has 6 rings (SSSR count). The van der Waals surface area contributed by atoms with E-state index < -0.39 is 9.85 Å². The molecule has 3 N–H and O–H groups in total. The average molecular weight is 651 g/mol. The van der Waals surface area contributed by atoms with Crippen LogP contribution in [0.1, 0.15) is 11.1 Å². The SMILES string of the molecule is Cc1cc([N+](=O)[O-])ccc1N.Cc1cc([N+](=O)[O-])ccc1Nc1nccc(-c2cccnc2)n1.Clc1nccc(-c2cccnc2)n1. The molecule has 15 heteroatoms. The molecule has 236 valence electrons. The quantitative estimate of drug-likeness (QED) is 0.0796. The number of hydrogen-bond acceptors (Lipinski definition) is 12. The Balaban J connectivity index is 0.000000176. The number of pyridine rings is 2. The molecule has 0 saturated heterocycles. The van der Waals surface area contributed by atoms with Crippen LogP contribution in [0.5, 0.6) is 0 Å². The van der Waals surface area contributed by atoms with Crippen molar-refractivity contribution in [3.63, 3.8) is 0 Å². The number of aromatic nitrogens is 6. The Hall–Kier alpha value is -6.41. The van der Waals surface area contributed by atoms with E-state index in [4.69, 9.17) is 17.3 Å². The van der Waals surface area contributed by atoms with Gasteiger partial charge in [0.05, 0.1) is 21.2 Å². The molecule has 0 amide bonds. The van der Waals surface area contributed by atoms with Gasteiger partial charge in [-0.1, -0.05) is 0 Å². The maximum atomic E-state index is 10.8. The molecule has 4 heterocycles. The number of hydrogen-bond donors (Lipinski definition) is 2. The predicted molar refractivity (Wildman–Crippen MR) is 179 cm³/mol. The third-order valence-corrected chi connectivity index (χ3v) is 6.51. The topological polar surface area (TPSA) is 202 Å². The molecule has 0 unspecified atom stereocenters. The molecule has 0 atom stereocenters. The van der Waals surface area contributed by atoms with Crippen molar-refractivity contribution in [1.82, 2.24) is 29.9 Å². The summed E-state index contributed by atoms with van der Waals surface area (Å²) in [7, 11) is 0. The number of non-ortho nitro benzene ring substituents is 2. The average Bonchev–Trinajstić information content (AvgIpc) is 3.08. The Bertz CT molecular complexity index is 1980. The summed E-state index contributed by atoms with van der Waals surface area (Å²) in [5.74, 6) is 0.420. The summed E-state index contributed by atoms with van der Waals surface area (Å²) < 4.78 is 0. The van der Waals surface area contributed by atoms with Crippen molar-refractivity contribution < 1.29 is 9.85 Å². The Morgan fingerprint density at radius 1 is 0.702 bits per heavy atom. The summed E-state index contributed by atoms with van der Waals surface area (Å²) in [5, 5.41) is 24.3. The zero-order chi connectivity index (χ0) is 33.8. The lowest BCUT2D eigenvalue weighted by atomic mass is 10.2. The van der Waals surface area contributed by atoms with Gasteiger partial charge >= 0.3 is 0 Å². The number of nitrogens with one attached hydrogen (secondary N) is 1. The van der Waals surface area contributed by atoms with Crippen molar-refractivity contribution in [2.24, 2.45) is 0 Å². The number of nitro benzene ring substituents is 2. The number of benzene rings is 2. The summed E-state index contributed by atoms with van der Waals surface area (Å²) >= 11 is 5.65. The number of nitrogen functional groups attached to an aromatic ring is 1. The number of rotatable bonds is 6. The van der Waals surface area contributed by atoms with E-state index in [1.165, 1.54) is 30.3 Å². The third-order valence-electron chi connectivity index (χ3n) is 6.33. The van der Waals surface area contributed by atoms with Crippen LogP contribution in [0, 0.1) is 34.1 Å². The number of nitrogens with two attached hydrogens (primary N) is 1. The van der Waals surface area contributed by atoms with Gasteiger partial charge in [-0.15, -0.1) is 0 Å². The number of anilines is 3. The first-order chi connectivity index (χ1) is 22.6. The molecule has 0 radical (unpaired) electrons. The second-order valence-corrected chi connectivity index (χ2v) is 9.98. The van der Waals surface area contributed by atoms with Gasteiger partial charge in [-0.3, -0.25) is 30.2 Å². The van der Waals surface area contributed by atoms with E-state index in [1.54, 1.807) is 69.2 Å². The minimum Gasteiger partial charge on any atom is -0.399 e. The molecule has 0 spiro atoms. The molecule has 0 bridgehead atoms. The minimum absolute atomic E-state index is 0.0538. The summed E-state index contributed by atoms with van der Waals surface area (Å²) in [5.41, 5.74) is 11.7. The van der Waals surface area contributed by atoms with Gasteiger partial charge in [-0.05, 0) is 85.1 Å². The van der Waals surface area contributed by atoms with Crippen LogP contribution in [0.4, 0.5) is 28.7 Å². The normalized spacial score (nSPS) is 10.0. The molecular formula is C32H27ClN10O4. The first-order valence-electron chi connectivity index (χ1n) is 13.8. The van der Waals surface area contributed by atoms with E-state index in [-0.39, 0.29) is 16.7 Å². The van der Waals surface area contributed by atoms with Gasteiger partial charge in [0.25, 0.3) is 11.4 Å². The summed E-state index contributed by atoms with van der Waals surface area (Å²) in [6, 6.07) is 20.1. The summed E-state index contributed by atoms with van der Waals surface area (Å²) in [4.78, 5) is 44.7. The van der Waals surface area contributed by atoms with Crippen molar-refractivity contribution >= 4 is 40.3 Å². The Morgan fingerprint density at radius 2 is 1.26 bits per heavy atom. The van der Waals surface area contributed by atoms with E-state index in [1.807, 2.05) is 24.3 Å². The number of aryl methyl sites for hydroxylation is 2. The molecule has 2 aromatic carbocycles. The zero-order valence-corrected chi connectivity index (χ0v) is 25.8. The molecule has 14 nitrogen and oxygen atoms in total. The summed E-state index contributed by atoms with van der Waals surface area (Å²) in [6.07, 6.45) is 10.1. The lowest BCUT2D eigenvalue weighted by Gasteiger charge is -2.09. The van der Waals surface area contributed by atoms with Crippen molar-refractivity contribution in [3.05, 3.63) is 147 Å². The fourth-order valence-corrected chi connectivity index (χ4v) is 4.05. The minimum atomic E-state index is -0.438. The van der Waals surface area contributed by atoms with Crippen LogP contribution in [-0.4, -0.2) is 39.8 Å². The molecule has 0 fully saturated rings. The van der Waals surface area contributed by atoms with E-state index in [2.05, 4.69) is 35.2 Å². The largest absolute Gasteiger partial charge is 0.399 e. The lowest BCUT2D eigenvalue weighted by molar-refractivity contribution is -0.385. The molecule has 0 saturated carbocycles. The maximum Gasteiger partial charge on any atom is 0.269 e. The first-order valence-corrected chi connectivity index (χ1v) is 14.1. The molecule has 47 heavy (non-hydrogen) atoms. The van der Waals surface area contributed by atoms with Gasteiger partial charge in [0.1, 0.15) is 0 Å². The second kappa shape index (κ2) is 16.1. The molecule has 0 aliphatic rings. The molecule has 0 aliphatic carbocycles. The van der Waals surface area contributed by atoms with E-state index in [0.717, 1.165) is 39.3 Å². The molecule has 0 aliphatic heterocycles. The van der Waals surface area contributed by atoms with Crippen molar-refractivity contribution in [3.8, 4) is 22.5 Å². The number of nitro groups is 2. The predicted octanol–water partition coefficient (Wildman–Crippen LogP) is 7.18. The van der Waals surface area contributed by atoms with Gasteiger partial charge in [0.15, 0.2) is 0 Å². The highest BCUT2D eigenvalue weighted by atomic mass is 35.5. The van der Waals surface area contributed by atoms with Crippen LogP contribution in [0.15, 0.2) is 110 Å². The Morgan fingerprint density at radius 3 is 1.77 bits per heavy atom. The Kier molecular flexibility index (Phi) is 11.4. The van der Waals surface area contributed by atoms with Gasteiger partial charge < -0.3 is 11.1 Å². The van der Waals surface area contributed by atoms with Crippen LogP contribution in [0.25, 0.3) is 22.5 Å². The van der Waals surface area contributed by atoms with E-state index in [9.17, 15) is 20.2 Å². The van der Waals surface area contributed by atoms with Gasteiger partial charge in [0, 0.05) is 83.9 Å². The van der Waals surface area contributed by atoms with Gasteiger partial charge in [-0.25, -0.2) is 19.9 Å². The van der Waals surface area contributed by atoms with Crippen molar-refractivity contribution in [1.29, 1.82) is 0 Å². The van der Waals surface area contributed by atoms with Crippen molar-refractivity contribution in [2.45, 2.75) is 13.8 Å². The smallest absolute Gasteiger partial charge is 0.269 e. The van der Waals surface area contributed by atoms with Crippen LogP contribution in [0.2, 0.25) is 5.28 Å². The zero-order valence-electron chi connectivity index (χ0n) is 25.1. The number of nitrogens with zero attached hydrogens (tertiary/aromatic N) is 8. The first kappa shape index (κ1) is 33.5. The fourth-order valence-electron chi connectivity index (χ4n) is 3.90. The van der Waals surface area contributed by atoms with Gasteiger partial charge in [-0.2, -0.15) is 0 Å². The summed E-state index contributed by atoms with van der Waals surface area (Å²) in [6.45, 7) is 3.53. The highest BCUT2D eigenvalue weighted by Gasteiger charge is 2.10. The highest BCUT2D eigenvalue weighted by molar-refractivity contribution is 6.28. The van der Waals surface area contributed by atoms with Crippen LogP contribution < -0.4 is 11.1 Å². The monoisotopic (exact) mass is 650 g/mol. The lowest BCUT2D eigenvalue weighted by Crippen LogP contribution is -2.00. The van der Waals surface area contributed by atoms with Crippen LogP contribution >= 0.6 is 11.6 Å². The molecule has 4 aromatic heterocycles. The fraction of sp³-hybridized carbons (Fsp3) is 0.0625. The van der Waals surface area contributed by atoms with Crippen LogP contribution in [0.3, 0.4) is 0 Å². The van der Waals surface area contributed by atoms with Crippen molar-refractivity contribution in [2.75, 3.05) is 11.1 Å². The van der Waals surface area contributed by atoms with Gasteiger partial charge in [0.2, 0.25) is 11.2 Å². The maximum absolute atomic E-state index is 10.8. The highest BCUT2D eigenvalue weighted by Crippen LogP contribution is 2.24. The molecular weight excluding hydrogens is 624 g/mol. The standard InChI is InChI=1S/C16H13N5O2.C9H6ClN3.C7H8N2O2/c1-11-9-13(21(22)23)4-5-14(11)19-16-18-8-6-15(20-16)12-3-2-7-17-10-12;10-9-12-5-3-8(13-9)7-2-1-4-11-6-7;1-5-4-6(9(10)11)2-3-7(5)8/h2-10H,1H3,(H,18,19,20);1-6H;2-4H,8H2,1H3. The molecule has 6 aromatic rings. The number of halogens is 1. The third kappa shape index (κ3) is 9.79. The van der Waals surface area contributed by atoms with Crippen LogP contribution in [-0.2, 0) is 0 Å². The Labute approximate surface area is 273 Å². The van der Waals surface area contributed by atoms with E-state index >= 15 is 0 Å². The second-order valence-electron chi connectivity index (χ2n) is 9.64.